The lowest BCUT2D eigenvalue weighted by molar-refractivity contribution is 0.657. The highest BCUT2D eigenvalue weighted by Gasteiger charge is 2.11. The van der Waals surface area contributed by atoms with Crippen LogP contribution >= 0.6 is 0 Å². The van der Waals surface area contributed by atoms with Gasteiger partial charge in [0, 0.05) is 12.4 Å². The maximum atomic E-state index is 10.6. The molecule has 0 bridgehead atoms. The zero-order valence-electron chi connectivity index (χ0n) is 9.21. The summed E-state index contributed by atoms with van der Waals surface area (Å²) >= 11 is 0. The van der Waals surface area contributed by atoms with Crippen molar-refractivity contribution in [2.75, 3.05) is 0 Å². The summed E-state index contributed by atoms with van der Waals surface area (Å²) in [5.74, 6) is 0. The second-order valence-electron chi connectivity index (χ2n) is 3.63. The van der Waals surface area contributed by atoms with Gasteiger partial charge in [-0.3, -0.25) is 9.67 Å². The summed E-state index contributed by atoms with van der Waals surface area (Å²) in [6.07, 6.45) is 3.51. The second kappa shape index (κ2) is 4.22. The van der Waals surface area contributed by atoms with Crippen LogP contribution in [0.15, 0.2) is 29.7 Å². The molecule has 0 aliphatic rings. The zero-order valence-corrected chi connectivity index (χ0v) is 9.21. The lowest BCUT2D eigenvalue weighted by Gasteiger charge is -2.03. The van der Waals surface area contributed by atoms with Crippen LogP contribution in [0.1, 0.15) is 17.0 Å². The Morgan fingerprint density at radius 3 is 2.81 bits per heavy atom. The Morgan fingerprint density at radius 2 is 2.25 bits per heavy atom. The monoisotopic (exact) mass is 216 g/mol. The van der Waals surface area contributed by atoms with Crippen LogP contribution in [0.5, 0.6) is 0 Å². The molecule has 0 saturated heterocycles. The first-order valence-corrected chi connectivity index (χ1v) is 4.98. The van der Waals surface area contributed by atoms with E-state index in [1.807, 2.05) is 19.1 Å². The average Bonchev–Trinajstić information content (AvgIpc) is 2.55. The molecular formula is C11H12N4O. The molecule has 0 spiro atoms. The Balaban J connectivity index is 2.32. The highest BCUT2D eigenvalue weighted by Crippen LogP contribution is 2.22. The number of aryl methyl sites for hydroxylation is 1. The Labute approximate surface area is 93.1 Å². The topological polar surface area (TPSA) is 60.1 Å². The minimum absolute atomic E-state index is 0.434. The van der Waals surface area contributed by atoms with E-state index in [2.05, 4.69) is 15.3 Å². The van der Waals surface area contributed by atoms with Gasteiger partial charge in [0.25, 0.3) is 0 Å². The number of nitroso groups, excluding NO2 is 1. The molecule has 82 valence electrons. The van der Waals surface area contributed by atoms with Crippen molar-refractivity contribution in [2.24, 2.45) is 5.18 Å². The van der Waals surface area contributed by atoms with E-state index in [0.717, 1.165) is 11.3 Å². The Morgan fingerprint density at radius 1 is 1.44 bits per heavy atom. The second-order valence-corrected chi connectivity index (χ2v) is 3.63. The van der Waals surface area contributed by atoms with E-state index in [1.54, 1.807) is 24.0 Å². The summed E-state index contributed by atoms with van der Waals surface area (Å²) in [5.41, 5.74) is 2.93. The van der Waals surface area contributed by atoms with Gasteiger partial charge in [0.2, 0.25) is 0 Å². The molecule has 0 aliphatic heterocycles. The lowest BCUT2D eigenvalue weighted by Crippen LogP contribution is -2.03. The van der Waals surface area contributed by atoms with Crippen LogP contribution < -0.4 is 0 Å². The summed E-state index contributed by atoms with van der Waals surface area (Å²) in [5, 5.41) is 7.25. The summed E-state index contributed by atoms with van der Waals surface area (Å²) < 4.78 is 1.77. The largest absolute Gasteiger partial charge is 0.264 e. The van der Waals surface area contributed by atoms with E-state index in [0.29, 0.717) is 17.9 Å². The third-order valence-corrected chi connectivity index (χ3v) is 2.49. The Bertz CT molecular complexity index is 504. The molecule has 0 atom stereocenters. The van der Waals surface area contributed by atoms with E-state index >= 15 is 0 Å². The van der Waals surface area contributed by atoms with E-state index in [1.165, 1.54) is 0 Å². The van der Waals surface area contributed by atoms with E-state index in [-0.39, 0.29) is 0 Å². The number of pyridine rings is 1. The molecule has 0 radical (unpaired) electrons. The van der Waals surface area contributed by atoms with E-state index < -0.39 is 0 Å². The van der Waals surface area contributed by atoms with Gasteiger partial charge in [-0.1, -0.05) is 6.07 Å². The molecule has 2 aromatic heterocycles. The first-order chi connectivity index (χ1) is 7.72. The van der Waals surface area contributed by atoms with Crippen molar-refractivity contribution in [3.05, 3.63) is 46.4 Å². The maximum Gasteiger partial charge on any atom is 0.151 e. The number of hydrogen-bond donors (Lipinski definition) is 0. The fraction of sp³-hybridized carbons (Fsp3) is 0.273. The molecule has 2 rings (SSSR count). The number of aromatic nitrogens is 3. The predicted molar refractivity (Wildman–Crippen MR) is 60.5 cm³/mol. The molecule has 0 fully saturated rings. The Kier molecular flexibility index (Phi) is 2.76. The van der Waals surface area contributed by atoms with Gasteiger partial charge in [-0.2, -0.15) is 5.10 Å². The van der Waals surface area contributed by atoms with Gasteiger partial charge < -0.3 is 0 Å². The molecular weight excluding hydrogens is 204 g/mol. The van der Waals surface area contributed by atoms with Gasteiger partial charge in [0.15, 0.2) is 5.69 Å². The molecule has 2 heterocycles. The molecule has 0 N–H and O–H groups in total. The van der Waals surface area contributed by atoms with Gasteiger partial charge >= 0.3 is 0 Å². The molecule has 0 unspecified atom stereocenters. The van der Waals surface area contributed by atoms with Crippen molar-refractivity contribution in [3.8, 4) is 0 Å². The highest BCUT2D eigenvalue weighted by molar-refractivity contribution is 5.46. The third kappa shape index (κ3) is 1.84. The minimum atomic E-state index is 0.434. The van der Waals surface area contributed by atoms with Crippen LogP contribution in [-0.2, 0) is 6.54 Å². The summed E-state index contributed by atoms with van der Waals surface area (Å²) in [6.45, 7) is 4.23. The predicted octanol–water partition coefficient (Wildman–Crippen LogP) is 2.34. The summed E-state index contributed by atoms with van der Waals surface area (Å²) in [6, 6.07) is 3.84. The Hall–Kier alpha value is -2.04. The van der Waals surface area contributed by atoms with Crippen LogP contribution in [0.4, 0.5) is 5.69 Å². The molecule has 0 aliphatic carbocycles. The van der Waals surface area contributed by atoms with Crippen molar-refractivity contribution in [1.29, 1.82) is 0 Å². The van der Waals surface area contributed by atoms with Crippen molar-refractivity contribution in [2.45, 2.75) is 20.4 Å². The number of hydrogen-bond acceptors (Lipinski definition) is 4. The van der Waals surface area contributed by atoms with E-state index in [9.17, 15) is 4.91 Å². The first-order valence-electron chi connectivity index (χ1n) is 4.98. The smallest absolute Gasteiger partial charge is 0.151 e. The molecule has 0 amide bonds. The summed E-state index contributed by atoms with van der Waals surface area (Å²) in [7, 11) is 0. The van der Waals surface area contributed by atoms with Crippen LogP contribution in [0.25, 0.3) is 0 Å². The number of nitrogens with zero attached hydrogens (tertiary/aromatic N) is 4. The van der Waals surface area contributed by atoms with Gasteiger partial charge in [-0.25, -0.2) is 0 Å². The molecule has 2 aromatic rings. The first kappa shape index (κ1) is 10.5. The molecule has 5 heteroatoms. The van der Waals surface area contributed by atoms with Crippen LogP contribution in [0.2, 0.25) is 0 Å². The fourth-order valence-corrected chi connectivity index (χ4v) is 1.64. The van der Waals surface area contributed by atoms with Gasteiger partial charge in [0.05, 0.1) is 17.9 Å². The quantitative estimate of drug-likeness (QED) is 0.740. The highest BCUT2D eigenvalue weighted by atomic mass is 16.3. The van der Waals surface area contributed by atoms with Crippen molar-refractivity contribution in [3.63, 3.8) is 0 Å². The lowest BCUT2D eigenvalue weighted by atomic mass is 10.3. The normalized spacial score (nSPS) is 10.4. The molecule has 5 nitrogen and oxygen atoms in total. The average molecular weight is 216 g/mol. The molecule has 0 aromatic carbocycles. The third-order valence-electron chi connectivity index (χ3n) is 2.49. The molecule has 0 saturated carbocycles. The van der Waals surface area contributed by atoms with Crippen molar-refractivity contribution in [1.82, 2.24) is 14.8 Å². The fourth-order valence-electron chi connectivity index (χ4n) is 1.64. The maximum absolute atomic E-state index is 10.6. The minimum Gasteiger partial charge on any atom is -0.264 e. The number of rotatable bonds is 3. The SMILES string of the molecule is Cc1nn(Cc2cccnc2)c(C)c1N=O. The van der Waals surface area contributed by atoms with Gasteiger partial charge in [-0.05, 0) is 30.7 Å². The molecule has 16 heavy (non-hydrogen) atoms. The van der Waals surface area contributed by atoms with Crippen LogP contribution in [-0.4, -0.2) is 14.8 Å². The van der Waals surface area contributed by atoms with Gasteiger partial charge in [-0.15, -0.1) is 4.91 Å². The standard InChI is InChI=1S/C11H12N4O/c1-8-11(14-16)9(2)15(13-8)7-10-4-3-5-12-6-10/h3-6H,7H2,1-2H3. The van der Waals surface area contributed by atoms with Crippen molar-refractivity contribution >= 4 is 5.69 Å². The van der Waals surface area contributed by atoms with Crippen molar-refractivity contribution < 1.29 is 0 Å². The van der Waals surface area contributed by atoms with Crippen LogP contribution in [0, 0.1) is 18.8 Å². The van der Waals surface area contributed by atoms with E-state index in [4.69, 9.17) is 0 Å². The van der Waals surface area contributed by atoms with Gasteiger partial charge in [0.1, 0.15) is 0 Å². The summed E-state index contributed by atoms with van der Waals surface area (Å²) in [4.78, 5) is 14.6. The zero-order chi connectivity index (χ0) is 11.5. The van der Waals surface area contributed by atoms with Crippen LogP contribution in [0.3, 0.4) is 0 Å².